The molecule has 0 aliphatic carbocycles. The van der Waals surface area contributed by atoms with Crippen LogP contribution in [0.1, 0.15) is 21.9 Å². The molecule has 2 fully saturated rings. The monoisotopic (exact) mass is 400 g/mol. The van der Waals surface area contributed by atoms with E-state index >= 15 is 0 Å². The quantitative estimate of drug-likeness (QED) is 0.704. The van der Waals surface area contributed by atoms with Crippen LogP contribution in [0, 0.1) is 13.8 Å². The van der Waals surface area contributed by atoms with Gasteiger partial charge in [-0.15, -0.1) is 0 Å². The number of hydrogen-bond acceptors (Lipinski definition) is 9. The molecule has 2 aromatic heterocycles. The Bertz CT molecular complexity index is 860. The molecule has 0 spiro atoms. The Labute approximate surface area is 169 Å². The van der Waals surface area contributed by atoms with Crippen LogP contribution in [0.2, 0.25) is 0 Å². The Kier molecular flexibility index (Phi) is 5.59. The number of aryl methyl sites for hydroxylation is 2. The van der Waals surface area contributed by atoms with Crippen LogP contribution in [0.3, 0.4) is 0 Å². The Balaban J connectivity index is 1.39. The lowest BCUT2D eigenvalue weighted by Crippen LogP contribution is -2.30. The molecule has 0 unspecified atom stereocenters. The number of carbonyl (C=O) groups excluding carboxylic acids is 1. The maximum atomic E-state index is 11.8. The van der Waals surface area contributed by atoms with E-state index in [-0.39, 0.29) is 24.0 Å². The van der Waals surface area contributed by atoms with Crippen molar-refractivity contribution in [3.05, 3.63) is 41.5 Å². The van der Waals surface area contributed by atoms with Gasteiger partial charge in [0.15, 0.2) is 5.69 Å². The smallest absolute Gasteiger partial charge is 0.356 e. The molecule has 4 rings (SSSR count). The third-order valence-electron chi connectivity index (χ3n) is 4.91. The van der Waals surface area contributed by atoms with E-state index in [9.17, 15) is 4.79 Å². The van der Waals surface area contributed by atoms with Crippen LogP contribution in [0.25, 0.3) is 0 Å². The van der Waals surface area contributed by atoms with Gasteiger partial charge >= 0.3 is 5.97 Å². The summed E-state index contributed by atoms with van der Waals surface area (Å²) in [5, 5.41) is 0. The van der Waals surface area contributed by atoms with Crippen molar-refractivity contribution >= 4 is 11.9 Å². The number of pyridine rings is 1. The fourth-order valence-corrected chi connectivity index (χ4v) is 3.43. The Morgan fingerprint density at radius 3 is 2.45 bits per heavy atom. The molecule has 0 saturated carbocycles. The summed E-state index contributed by atoms with van der Waals surface area (Å²) in [7, 11) is 1.33. The summed E-state index contributed by atoms with van der Waals surface area (Å²) >= 11 is 0. The predicted molar refractivity (Wildman–Crippen MR) is 103 cm³/mol. The van der Waals surface area contributed by atoms with Gasteiger partial charge in [0.1, 0.15) is 24.1 Å². The van der Waals surface area contributed by atoms with Crippen molar-refractivity contribution in [3.63, 3.8) is 0 Å². The fourth-order valence-electron chi connectivity index (χ4n) is 3.43. The average Bonchev–Trinajstić information content (AvgIpc) is 3.04. The van der Waals surface area contributed by atoms with Gasteiger partial charge in [0, 0.05) is 24.5 Å². The van der Waals surface area contributed by atoms with Gasteiger partial charge in [0.05, 0.1) is 26.5 Å². The van der Waals surface area contributed by atoms with E-state index in [2.05, 4.69) is 15.0 Å². The van der Waals surface area contributed by atoms with Crippen molar-refractivity contribution in [1.29, 1.82) is 0 Å². The number of aromatic nitrogens is 3. The molecule has 2 atom stereocenters. The van der Waals surface area contributed by atoms with E-state index in [1.165, 1.54) is 7.11 Å². The van der Waals surface area contributed by atoms with Crippen LogP contribution in [-0.2, 0) is 14.2 Å². The van der Waals surface area contributed by atoms with Crippen molar-refractivity contribution in [2.45, 2.75) is 32.2 Å². The first-order chi connectivity index (χ1) is 14.0. The molecule has 9 nitrogen and oxygen atoms in total. The molecule has 0 bridgehead atoms. The number of anilines is 1. The largest absolute Gasteiger partial charge is 0.484 e. The lowest BCUT2D eigenvalue weighted by molar-refractivity contribution is -0.00461. The third-order valence-corrected chi connectivity index (χ3v) is 4.91. The van der Waals surface area contributed by atoms with Crippen LogP contribution < -0.4 is 9.64 Å². The number of esters is 1. The lowest BCUT2D eigenvalue weighted by Gasteiger charge is -2.20. The Morgan fingerprint density at radius 2 is 1.83 bits per heavy atom. The second kappa shape index (κ2) is 8.30. The van der Waals surface area contributed by atoms with E-state index in [0.717, 1.165) is 5.69 Å². The zero-order chi connectivity index (χ0) is 20.4. The highest BCUT2D eigenvalue weighted by atomic mass is 16.6. The summed E-state index contributed by atoms with van der Waals surface area (Å²) < 4.78 is 22.8. The van der Waals surface area contributed by atoms with E-state index in [1.54, 1.807) is 12.3 Å². The molecule has 4 heterocycles. The number of fused-ring (bicyclic) bond motifs is 1. The van der Waals surface area contributed by atoms with Crippen molar-refractivity contribution < 1.29 is 23.7 Å². The van der Waals surface area contributed by atoms with Crippen molar-refractivity contribution in [2.75, 3.05) is 38.3 Å². The number of carbonyl (C=O) groups is 1. The molecule has 2 aromatic rings. The SMILES string of the molecule is COC(=O)c1cc(C)nc(N2C[C@@H]3OCC(Oc4ccc(C)nc4)CO[C@H]3C2)n1. The van der Waals surface area contributed by atoms with Gasteiger partial charge in [-0.3, -0.25) is 4.98 Å². The predicted octanol–water partition coefficient (Wildman–Crippen LogP) is 1.33. The maximum absolute atomic E-state index is 11.8. The summed E-state index contributed by atoms with van der Waals surface area (Å²) in [6.07, 6.45) is 1.27. The standard InChI is InChI=1S/C20H24N4O5/c1-12-4-5-14(7-21-12)29-15-10-27-17-8-24(9-18(17)28-11-15)20-22-13(2)6-16(23-20)19(25)26-3/h4-7,15,17-18H,8-11H2,1-3H3/t17-,18-/m0/s1. The molecule has 0 N–H and O–H groups in total. The first kappa shape index (κ1) is 19.5. The number of hydrogen-bond donors (Lipinski definition) is 0. The lowest BCUT2D eigenvalue weighted by atomic mass is 10.3. The van der Waals surface area contributed by atoms with Gasteiger partial charge in [-0.2, -0.15) is 0 Å². The van der Waals surface area contributed by atoms with Gasteiger partial charge in [0.2, 0.25) is 5.95 Å². The topological polar surface area (TPSA) is 95.9 Å². The zero-order valence-corrected chi connectivity index (χ0v) is 16.7. The summed E-state index contributed by atoms with van der Waals surface area (Å²) in [6.45, 7) is 5.75. The van der Waals surface area contributed by atoms with Crippen molar-refractivity contribution in [2.24, 2.45) is 0 Å². The zero-order valence-electron chi connectivity index (χ0n) is 16.7. The van der Waals surface area contributed by atoms with Crippen molar-refractivity contribution in [3.8, 4) is 5.75 Å². The molecule has 2 aliphatic rings. The van der Waals surface area contributed by atoms with Crippen molar-refractivity contribution in [1.82, 2.24) is 15.0 Å². The molecule has 0 amide bonds. The first-order valence-electron chi connectivity index (χ1n) is 9.53. The Hall–Kier alpha value is -2.78. The molecular formula is C20H24N4O5. The highest BCUT2D eigenvalue weighted by molar-refractivity contribution is 5.87. The minimum atomic E-state index is -0.483. The van der Waals surface area contributed by atoms with Gasteiger partial charge in [-0.05, 0) is 32.0 Å². The number of ether oxygens (including phenoxy) is 4. The van der Waals surface area contributed by atoms with E-state index in [1.807, 2.05) is 30.9 Å². The van der Waals surface area contributed by atoms with E-state index < -0.39 is 5.97 Å². The molecular weight excluding hydrogens is 376 g/mol. The molecule has 0 radical (unpaired) electrons. The van der Waals surface area contributed by atoms with Crippen LogP contribution in [-0.4, -0.2) is 72.6 Å². The van der Waals surface area contributed by atoms with E-state index in [4.69, 9.17) is 18.9 Å². The fraction of sp³-hybridized carbons (Fsp3) is 0.500. The Morgan fingerprint density at radius 1 is 1.10 bits per heavy atom. The van der Waals surface area contributed by atoms with Gasteiger partial charge in [-0.1, -0.05) is 0 Å². The van der Waals surface area contributed by atoms with Gasteiger partial charge in [0.25, 0.3) is 0 Å². The van der Waals surface area contributed by atoms with Crippen LogP contribution in [0.4, 0.5) is 5.95 Å². The summed E-state index contributed by atoms with van der Waals surface area (Å²) in [5.41, 5.74) is 1.88. The van der Waals surface area contributed by atoms with Gasteiger partial charge in [-0.25, -0.2) is 14.8 Å². The minimum Gasteiger partial charge on any atom is -0.484 e. The second-order valence-electron chi connectivity index (χ2n) is 7.21. The average molecular weight is 400 g/mol. The molecule has 154 valence electrons. The number of rotatable bonds is 4. The molecule has 29 heavy (non-hydrogen) atoms. The highest BCUT2D eigenvalue weighted by Gasteiger charge is 2.39. The minimum absolute atomic E-state index is 0.120. The first-order valence-corrected chi connectivity index (χ1v) is 9.53. The van der Waals surface area contributed by atoms with Crippen LogP contribution in [0.15, 0.2) is 24.4 Å². The number of nitrogens with zero attached hydrogens (tertiary/aromatic N) is 4. The second-order valence-corrected chi connectivity index (χ2v) is 7.21. The third kappa shape index (κ3) is 4.46. The van der Waals surface area contributed by atoms with E-state index in [0.29, 0.717) is 43.7 Å². The summed E-state index contributed by atoms with van der Waals surface area (Å²) in [5.74, 6) is 0.692. The number of methoxy groups -OCH3 is 1. The van der Waals surface area contributed by atoms with Crippen LogP contribution in [0.5, 0.6) is 5.75 Å². The van der Waals surface area contributed by atoms with Gasteiger partial charge < -0.3 is 23.8 Å². The molecule has 0 aromatic carbocycles. The summed E-state index contributed by atoms with van der Waals surface area (Å²) in [4.78, 5) is 26.8. The molecule has 2 aliphatic heterocycles. The molecule has 2 saturated heterocycles. The summed E-state index contributed by atoms with van der Waals surface area (Å²) in [6, 6.07) is 5.41. The molecule has 9 heteroatoms. The highest BCUT2D eigenvalue weighted by Crippen LogP contribution is 2.25. The normalized spacial score (nSPS) is 22.1. The maximum Gasteiger partial charge on any atom is 0.356 e. The van der Waals surface area contributed by atoms with Crippen LogP contribution >= 0.6 is 0 Å².